The Hall–Kier alpha value is -3.28. The number of carbonyl (C=O) groups is 3. The van der Waals surface area contributed by atoms with Crippen LogP contribution in [-0.4, -0.2) is 46.3 Å². The van der Waals surface area contributed by atoms with Crippen molar-refractivity contribution in [1.29, 1.82) is 0 Å². The molecule has 1 amide bonds. The van der Waals surface area contributed by atoms with Crippen LogP contribution in [0.25, 0.3) is 0 Å². The minimum Gasteiger partial charge on any atom is -0.465 e. The van der Waals surface area contributed by atoms with Gasteiger partial charge in [-0.1, -0.05) is 6.92 Å². The molecule has 2 heterocycles. The zero-order valence-electron chi connectivity index (χ0n) is 16.3. The van der Waals surface area contributed by atoms with Crippen LogP contribution in [0.3, 0.4) is 0 Å². The molecular weight excluding hydrogens is 404 g/mol. The van der Waals surface area contributed by atoms with E-state index in [1.807, 2.05) is 0 Å². The number of amides is 1. The van der Waals surface area contributed by atoms with E-state index in [2.05, 4.69) is 10.4 Å². The van der Waals surface area contributed by atoms with E-state index in [9.17, 15) is 24.5 Å². The Kier molecular flexibility index (Phi) is 7.04. The van der Waals surface area contributed by atoms with E-state index in [0.717, 1.165) is 23.7 Å². The number of rotatable bonds is 8. The lowest BCUT2D eigenvalue weighted by atomic mass is 10.1. The number of hydrogen-bond donors (Lipinski definition) is 1. The first-order valence-corrected chi connectivity index (χ1v) is 9.44. The van der Waals surface area contributed by atoms with Crippen molar-refractivity contribution < 1.29 is 28.8 Å². The van der Waals surface area contributed by atoms with Crippen molar-refractivity contribution in [1.82, 2.24) is 9.78 Å². The summed E-state index contributed by atoms with van der Waals surface area (Å²) in [6.45, 7) is 5.07. The van der Waals surface area contributed by atoms with Gasteiger partial charge in [0.1, 0.15) is 28.3 Å². The summed E-state index contributed by atoms with van der Waals surface area (Å²) in [4.78, 5) is 47.6. The van der Waals surface area contributed by atoms with Gasteiger partial charge in [0.25, 0.3) is 0 Å². The maximum Gasteiger partial charge on any atom is 0.348 e. The summed E-state index contributed by atoms with van der Waals surface area (Å²) >= 11 is 0.894. The molecule has 156 valence electrons. The first kappa shape index (κ1) is 22.0. The molecule has 11 nitrogen and oxygen atoms in total. The maximum absolute atomic E-state index is 12.8. The van der Waals surface area contributed by atoms with Crippen LogP contribution in [0.1, 0.15) is 51.9 Å². The van der Waals surface area contributed by atoms with Crippen LogP contribution in [0.5, 0.6) is 0 Å². The lowest BCUT2D eigenvalue weighted by Crippen LogP contribution is -2.26. The van der Waals surface area contributed by atoms with Crippen molar-refractivity contribution in [3.05, 3.63) is 38.5 Å². The van der Waals surface area contributed by atoms with Crippen LogP contribution in [0.2, 0.25) is 0 Å². The third-order valence-corrected chi connectivity index (χ3v) is 5.23. The Morgan fingerprint density at radius 2 is 2.03 bits per heavy atom. The van der Waals surface area contributed by atoms with E-state index in [1.165, 1.54) is 11.8 Å². The molecule has 0 aliphatic rings. The van der Waals surface area contributed by atoms with Crippen molar-refractivity contribution in [3.63, 3.8) is 0 Å². The summed E-state index contributed by atoms with van der Waals surface area (Å²) in [5.41, 5.74) is 0.136. The van der Waals surface area contributed by atoms with Crippen molar-refractivity contribution in [2.45, 2.75) is 33.2 Å². The molecule has 0 aliphatic heterocycles. The number of thiophene rings is 1. The molecule has 0 saturated heterocycles. The van der Waals surface area contributed by atoms with E-state index < -0.39 is 28.8 Å². The van der Waals surface area contributed by atoms with Gasteiger partial charge in [0.2, 0.25) is 5.91 Å². The van der Waals surface area contributed by atoms with Crippen molar-refractivity contribution in [2.75, 3.05) is 19.0 Å². The van der Waals surface area contributed by atoms with Gasteiger partial charge in [-0.25, -0.2) is 9.59 Å². The second kappa shape index (κ2) is 9.28. The largest absolute Gasteiger partial charge is 0.465 e. The fourth-order valence-electron chi connectivity index (χ4n) is 2.62. The van der Waals surface area contributed by atoms with E-state index in [1.54, 1.807) is 20.8 Å². The number of aromatic nitrogens is 2. The van der Waals surface area contributed by atoms with Gasteiger partial charge < -0.3 is 14.8 Å². The lowest BCUT2D eigenvalue weighted by molar-refractivity contribution is -0.385. The molecule has 0 aromatic carbocycles. The second-order valence-electron chi connectivity index (χ2n) is 5.82. The highest BCUT2D eigenvalue weighted by molar-refractivity contribution is 7.18. The zero-order valence-corrected chi connectivity index (χ0v) is 17.1. The van der Waals surface area contributed by atoms with Crippen LogP contribution < -0.4 is 5.32 Å². The fraction of sp³-hybridized carbons (Fsp3) is 0.412. The minimum atomic E-state index is -0.859. The molecule has 2 aromatic rings. The molecule has 12 heteroatoms. The molecule has 0 aliphatic carbocycles. The number of nitrogens with zero attached hydrogens (tertiary/aromatic N) is 3. The third kappa shape index (κ3) is 4.59. The Balaban J connectivity index is 2.38. The van der Waals surface area contributed by atoms with Crippen LogP contribution in [-0.2, 0) is 14.3 Å². The Morgan fingerprint density at radius 1 is 1.34 bits per heavy atom. The molecule has 1 unspecified atom stereocenters. The summed E-state index contributed by atoms with van der Waals surface area (Å²) in [5, 5.41) is 17.5. The van der Waals surface area contributed by atoms with E-state index >= 15 is 0 Å². The summed E-state index contributed by atoms with van der Waals surface area (Å²) in [5.74, 6) is -1.88. The summed E-state index contributed by atoms with van der Waals surface area (Å²) in [6, 6.07) is -0.859. The third-order valence-electron chi connectivity index (χ3n) is 4.04. The van der Waals surface area contributed by atoms with Gasteiger partial charge in [-0.15, -0.1) is 11.3 Å². The molecule has 1 atom stereocenters. The molecule has 0 radical (unpaired) electrons. The van der Waals surface area contributed by atoms with Crippen LogP contribution in [0, 0.1) is 17.0 Å². The van der Waals surface area contributed by atoms with Crippen molar-refractivity contribution in [3.8, 4) is 0 Å². The van der Waals surface area contributed by atoms with Gasteiger partial charge in [0, 0.05) is 0 Å². The number of esters is 2. The predicted molar refractivity (Wildman–Crippen MR) is 103 cm³/mol. The number of nitro groups is 1. The number of carbonyl (C=O) groups excluding carboxylic acids is 3. The quantitative estimate of drug-likeness (QED) is 0.387. The minimum absolute atomic E-state index is 0.0511. The summed E-state index contributed by atoms with van der Waals surface area (Å²) in [7, 11) is 1.19. The van der Waals surface area contributed by atoms with Gasteiger partial charge >= 0.3 is 17.6 Å². The van der Waals surface area contributed by atoms with Crippen LogP contribution in [0.15, 0.2) is 12.4 Å². The highest BCUT2D eigenvalue weighted by Gasteiger charge is 2.29. The lowest BCUT2D eigenvalue weighted by Gasteiger charge is -2.15. The van der Waals surface area contributed by atoms with Gasteiger partial charge in [-0.2, -0.15) is 5.10 Å². The van der Waals surface area contributed by atoms with Crippen LogP contribution in [0.4, 0.5) is 10.7 Å². The van der Waals surface area contributed by atoms with Crippen molar-refractivity contribution in [2.24, 2.45) is 0 Å². The van der Waals surface area contributed by atoms with Gasteiger partial charge in [-0.3, -0.25) is 19.6 Å². The number of methoxy groups -OCH3 is 1. The normalized spacial score (nSPS) is 11.6. The van der Waals surface area contributed by atoms with Crippen molar-refractivity contribution >= 4 is 39.9 Å². The average Bonchev–Trinajstić information content (AvgIpc) is 3.27. The number of ether oxygens (including phenoxy) is 2. The molecule has 2 rings (SSSR count). The Labute approximate surface area is 169 Å². The molecule has 0 bridgehead atoms. The summed E-state index contributed by atoms with van der Waals surface area (Å²) < 4.78 is 10.9. The Bertz CT molecular complexity index is 950. The molecule has 0 fully saturated rings. The monoisotopic (exact) mass is 424 g/mol. The second-order valence-corrected chi connectivity index (χ2v) is 6.84. The van der Waals surface area contributed by atoms with E-state index in [0.29, 0.717) is 5.56 Å². The van der Waals surface area contributed by atoms with Gasteiger partial charge in [0.15, 0.2) is 0 Å². The zero-order chi connectivity index (χ0) is 21.7. The van der Waals surface area contributed by atoms with E-state index in [-0.39, 0.29) is 34.2 Å². The smallest absolute Gasteiger partial charge is 0.348 e. The molecule has 0 saturated carbocycles. The van der Waals surface area contributed by atoms with E-state index in [4.69, 9.17) is 9.47 Å². The predicted octanol–water partition coefficient (Wildman–Crippen LogP) is 2.71. The Morgan fingerprint density at radius 3 is 2.55 bits per heavy atom. The average molecular weight is 424 g/mol. The number of hydrogen-bond acceptors (Lipinski definition) is 9. The van der Waals surface area contributed by atoms with Gasteiger partial charge in [0.05, 0.1) is 24.2 Å². The highest BCUT2D eigenvalue weighted by atomic mass is 32.1. The molecule has 2 aromatic heterocycles. The maximum atomic E-state index is 12.8. The molecule has 0 spiro atoms. The fourth-order valence-corrected chi connectivity index (χ4v) is 3.71. The first-order valence-electron chi connectivity index (χ1n) is 8.63. The summed E-state index contributed by atoms with van der Waals surface area (Å²) in [6.07, 6.45) is 2.48. The molecule has 1 N–H and O–H groups in total. The van der Waals surface area contributed by atoms with Gasteiger partial charge in [-0.05, 0) is 25.8 Å². The SMILES string of the molecule is CCOC(=O)c1sc(NC(=O)C(CC)n2cc([N+](=O)[O-])cn2)c(C(=O)OC)c1C. The topological polar surface area (TPSA) is 143 Å². The number of nitrogens with one attached hydrogen (secondary N) is 1. The standard InChI is InChI=1S/C17H20N4O7S/c1-5-11(20-8-10(7-18-20)21(25)26)14(22)19-15-12(16(23)27-4)9(3)13(29-15)17(24)28-6-2/h7-8,11H,5-6H2,1-4H3,(H,19,22). The first-order chi connectivity index (χ1) is 13.7. The van der Waals surface area contributed by atoms with Crippen LogP contribution >= 0.6 is 11.3 Å². The molecular formula is C17H20N4O7S. The molecule has 29 heavy (non-hydrogen) atoms. The number of anilines is 1. The highest BCUT2D eigenvalue weighted by Crippen LogP contribution is 2.35.